The second-order valence-corrected chi connectivity index (χ2v) is 14.9. The first kappa shape index (κ1) is 31.2. The van der Waals surface area contributed by atoms with Crippen molar-refractivity contribution in [2.75, 3.05) is 20.1 Å². The molecule has 2 amide bonds. The summed E-state index contributed by atoms with van der Waals surface area (Å²) in [4.78, 5) is 25.9. The molecule has 0 unspecified atom stereocenters. The summed E-state index contributed by atoms with van der Waals surface area (Å²) in [5.41, 5.74) is -1.38. The average Bonchev–Trinajstić information content (AvgIpc) is 3.37. The molecule has 2 aliphatic rings. The number of carbonyl (C=O) groups excluding carboxylic acids is 1. The molecule has 1 heterocycles. The fourth-order valence-corrected chi connectivity index (χ4v) is 8.01. The van der Waals surface area contributed by atoms with Crippen molar-refractivity contribution >= 4 is 22.0 Å². The average molecular weight is 576 g/mol. The summed E-state index contributed by atoms with van der Waals surface area (Å²) in [6, 6.07) is 2.43. The lowest BCUT2D eigenvalue weighted by Gasteiger charge is -2.37. The van der Waals surface area contributed by atoms with E-state index in [2.05, 4.69) is 26.1 Å². The van der Waals surface area contributed by atoms with Crippen molar-refractivity contribution in [2.45, 2.75) is 83.5 Å². The number of carboxylic acid groups (broad SMARTS) is 1. The van der Waals surface area contributed by atoms with Gasteiger partial charge < -0.3 is 10.4 Å². The summed E-state index contributed by atoms with van der Waals surface area (Å²) >= 11 is 0. The maximum atomic E-state index is 13.5. The van der Waals surface area contributed by atoms with E-state index in [0.29, 0.717) is 25.3 Å². The Bertz CT molecular complexity index is 1180. The normalized spacial score (nSPS) is 23.4. The highest BCUT2D eigenvalue weighted by molar-refractivity contribution is 7.89. The Kier molecular flexibility index (Phi) is 8.73. The van der Waals surface area contributed by atoms with E-state index in [1.807, 2.05) is 13.8 Å². The van der Waals surface area contributed by atoms with Crippen LogP contribution in [0.5, 0.6) is 0 Å². The summed E-state index contributed by atoms with van der Waals surface area (Å²) in [5, 5.41) is 12.6. The van der Waals surface area contributed by atoms with Crippen LogP contribution in [0.1, 0.15) is 65.9 Å². The van der Waals surface area contributed by atoms with E-state index in [1.54, 1.807) is 0 Å². The van der Waals surface area contributed by atoms with E-state index in [1.165, 1.54) is 11.4 Å². The van der Waals surface area contributed by atoms with Crippen LogP contribution in [0.25, 0.3) is 0 Å². The van der Waals surface area contributed by atoms with Gasteiger partial charge in [0, 0.05) is 26.2 Å². The van der Waals surface area contributed by atoms with Crippen molar-refractivity contribution in [1.29, 1.82) is 0 Å². The highest BCUT2D eigenvalue weighted by Gasteiger charge is 2.48. The van der Waals surface area contributed by atoms with E-state index in [9.17, 15) is 36.3 Å². The fourth-order valence-electron chi connectivity index (χ4n) is 6.43. The molecule has 2 N–H and O–H groups in total. The van der Waals surface area contributed by atoms with Crippen molar-refractivity contribution in [3.05, 3.63) is 29.8 Å². The Labute approximate surface area is 229 Å². The molecule has 220 valence electrons. The maximum Gasteiger partial charge on any atom is 0.416 e. The molecule has 1 aliphatic carbocycles. The van der Waals surface area contributed by atoms with Crippen LogP contribution in [0.15, 0.2) is 29.2 Å². The first-order valence-electron chi connectivity index (χ1n) is 13.1. The molecule has 1 aromatic rings. The molecule has 1 saturated carbocycles. The minimum atomic E-state index is -4.66. The largest absolute Gasteiger partial charge is 0.465 e. The van der Waals surface area contributed by atoms with Crippen LogP contribution in [0.3, 0.4) is 0 Å². The fraction of sp³-hybridized carbons (Fsp3) is 0.704. The van der Waals surface area contributed by atoms with Gasteiger partial charge in [-0.1, -0.05) is 40.7 Å². The number of hydrogen-bond acceptors (Lipinski definition) is 4. The number of sulfonamides is 1. The van der Waals surface area contributed by atoms with Gasteiger partial charge in [-0.3, -0.25) is 9.69 Å². The maximum absolute atomic E-state index is 13.5. The van der Waals surface area contributed by atoms with Gasteiger partial charge in [0.1, 0.15) is 6.04 Å². The van der Waals surface area contributed by atoms with E-state index in [0.717, 1.165) is 29.5 Å². The van der Waals surface area contributed by atoms with Crippen LogP contribution in [-0.4, -0.2) is 67.0 Å². The van der Waals surface area contributed by atoms with Crippen LogP contribution < -0.4 is 5.32 Å². The zero-order valence-electron chi connectivity index (χ0n) is 23.4. The lowest BCUT2D eigenvalue weighted by molar-refractivity contribution is -0.137. The molecule has 39 heavy (non-hydrogen) atoms. The van der Waals surface area contributed by atoms with Crippen LogP contribution in [-0.2, 0) is 21.0 Å². The second kappa shape index (κ2) is 10.9. The molecule has 1 saturated heterocycles. The lowest BCUT2D eigenvalue weighted by Crippen LogP contribution is -2.52. The molecule has 12 heteroatoms. The van der Waals surface area contributed by atoms with Gasteiger partial charge in [0.15, 0.2) is 0 Å². The number of fused-ring (bicyclic) bond motifs is 1. The highest BCUT2D eigenvalue weighted by Crippen LogP contribution is 2.42. The monoisotopic (exact) mass is 575 g/mol. The lowest BCUT2D eigenvalue weighted by atomic mass is 9.72. The zero-order valence-corrected chi connectivity index (χ0v) is 24.2. The quantitative estimate of drug-likeness (QED) is 0.451. The summed E-state index contributed by atoms with van der Waals surface area (Å²) in [6.45, 7) is 10.5. The van der Waals surface area contributed by atoms with Gasteiger partial charge >= 0.3 is 12.3 Å². The van der Waals surface area contributed by atoms with Gasteiger partial charge in [-0.2, -0.15) is 17.5 Å². The molecule has 3 rings (SSSR count). The molecular weight excluding hydrogens is 535 g/mol. The minimum Gasteiger partial charge on any atom is -0.465 e. The number of nitrogens with one attached hydrogen (secondary N) is 1. The van der Waals surface area contributed by atoms with Gasteiger partial charge in [-0.05, 0) is 66.5 Å². The molecule has 1 aromatic carbocycles. The third-order valence-electron chi connectivity index (χ3n) is 7.78. The summed E-state index contributed by atoms with van der Waals surface area (Å²) in [6.07, 6.45) is -3.52. The van der Waals surface area contributed by atoms with Gasteiger partial charge in [0.25, 0.3) is 0 Å². The summed E-state index contributed by atoms with van der Waals surface area (Å²) < 4.78 is 67.1. The number of hydrogen-bond donors (Lipinski definition) is 2. The van der Waals surface area contributed by atoms with Gasteiger partial charge in [0.2, 0.25) is 15.9 Å². The van der Waals surface area contributed by atoms with Crippen LogP contribution in [0.2, 0.25) is 0 Å². The Balaban J connectivity index is 1.75. The van der Waals surface area contributed by atoms with Crippen LogP contribution in [0.4, 0.5) is 18.0 Å². The number of likely N-dealkylation sites (N-methyl/N-ethyl adjacent to an activating group) is 1. The Hall–Kier alpha value is -2.34. The molecule has 2 fully saturated rings. The molecule has 0 spiro atoms. The third kappa shape index (κ3) is 7.45. The third-order valence-corrected chi connectivity index (χ3v) is 9.60. The molecule has 8 nitrogen and oxygen atoms in total. The number of benzene rings is 1. The Morgan fingerprint density at radius 3 is 2.33 bits per heavy atom. The molecule has 0 bridgehead atoms. The van der Waals surface area contributed by atoms with Crippen molar-refractivity contribution in [2.24, 2.45) is 22.7 Å². The number of carbonyl (C=O) groups is 2. The first-order chi connectivity index (χ1) is 17.7. The van der Waals surface area contributed by atoms with E-state index < -0.39 is 44.7 Å². The molecule has 1 aliphatic heterocycles. The standard InChI is InChI=1S/C27H40F3N3O5S/c1-25(2,3)16-26(4,5)13-22(32(6)24(35)36)23(34)31-21-11-10-17-14-33(15-20(17)21)39(37,38)19-9-7-8-18(12-19)27(28,29)30/h7-9,12,17,20-22H,10-11,13-16H2,1-6H3,(H,31,34)(H,35,36)/t17-,20+,21+,22-/m0/s1. The van der Waals surface area contributed by atoms with Crippen molar-refractivity contribution < 1.29 is 36.3 Å². The van der Waals surface area contributed by atoms with Crippen molar-refractivity contribution in [1.82, 2.24) is 14.5 Å². The molecule has 0 radical (unpaired) electrons. The number of amides is 2. The van der Waals surface area contributed by atoms with Crippen molar-refractivity contribution in [3.8, 4) is 0 Å². The van der Waals surface area contributed by atoms with Crippen LogP contribution >= 0.6 is 0 Å². The summed E-state index contributed by atoms with van der Waals surface area (Å²) in [5.74, 6) is -0.691. The predicted octanol–water partition coefficient (Wildman–Crippen LogP) is 5.05. The molecule has 4 atom stereocenters. The van der Waals surface area contributed by atoms with E-state index >= 15 is 0 Å². The summed E-state index contributed by atoms with van der Waals surface area (Å²) in [7, 11) is -2.79. The van der Waals surface area contributed by atoms with Gasteiger partial charge in [0.05, 0.1) is 10.5 Å². The van der Waals surface area contributed by atoms with Crippen molar-refractivity contribution in [3.63, 3.8) is 0 Å². The smallest absolute Gasteiger partial charge is 0.416 e. The van der Waals surface area contributed by atoms with Crippen LogP contribution in [0, 0.1) is 22.7 Å². The zero-order chi connectivity index (χ0) is 29.6. The first-order valence-corrected chi connectivity index (χ1v) is 14.6. The van der Waals surface area contributed by atoms with E-state index in [4.69, 9.17) is 0 Å². The molecular formula is C27H40F3N3O5S. The highest BCUT2D eigenvalue weighted by atomic mass is 32.2. The van der Waals surface area contributed by atoms with Gasteiger partial charge in [-0.25, -0.2) is 13.2 Å². The topological polar surface area (TPSA) is 107 Å². The number of rotatable bonds is 8. The molecule has 0 aromatic heterocycles. The Morgan fingerprint density at radius 1 is 1.13 bits per heavy atom. The Morgan fingerprint density at radius 2 is 1.77 bits per heavy atom. The second-order valence-electron chi connectivity index (χ2n) is 13.0. The van der Waals surface area contributed by atoms with E-state index in [-0.39, 0.29) is 41.8 Å². The minimum absolute atomic E-state index is 0.0244. The predicted molar refractivity (Wildman–Crippen MR) is 140 cm³/mol. The van der Waals surface area contributed by atoms with Gasteiger partial charge in [-0.15, -0.1) is 0 Å². The SMILES string of the molecule is CN(C(=O)O)[C@@H](CC(C)(C)CC(C)(C)C)C(=O)N[C@@H]1CC[C@H]2CN(S(=O)(=O)c3cccc(C(F)(F)F)c3)C[C@H]21. The number of alkyl halides is 3. The number of halogens is 3. The number of nitrogens with zero attached hydrogens (tertiary/aromatic N) is 2.